The van der Waals surface area contributed by atoms with Crippen molar-refractivity contribution in [2.24, 2.45) is 5.92 Å². The third kappa shape index (κ3) is 5.56. The maximum atomic E-state index is 12.0. The number of amides is 1. The van der Waals surface area contributed by atoms with Gasteiger partial charge in [-0.3, -0.25) is 4.79 Å². The highest BCUT2D eigenvalue weighted by molar-refractivity contribution is 7.89. The Morgan fingerprint density at radius 2 is 2.22 bits per heavy atom. The number of rotatable bonds is 8. The molecule has 130 valence electrons. The fourth-order valence-electron chi connectivity index (χ4n) is 2.50. The van der Waals surface area contributed by atoms with Crippen molar-refractivity contribution in [3.05, 3.63) is 22.4 Å². The second-order valence-electron chi connectivity index (χ2n) is 5.97. The van der Waals surface area contributed by atoms with Gasteiger partial charge in [-0.1, -0.05) is 6.07 Å². The van der Waals surface area contributed by atoms with Crippen LogP contribution >= 0.6 is 11.3 Å². The average Bonchev–Trinajstić information content (AvgIpc) is 3.11. The van der Waals surface area contributed by atoms with Crippen LogP contribution in [-0.4, -0.2) is 57.7 Å². The van der Waals surface area contributed by atoms with E-state index in [1.807, 2.05) is 11.4 Å². The molecule has 1 amide bonds. The van der Waals surface area contributed by atoms with Gasteiger partial charge in [-0.2, -0.15) is 0 Å². The van der Waals surface area contributed by atoms with Crippen LogP contribution in [0.3, 0.4) is 0 Å². The molecule has 2 atom stereocenters. The summed E-state index contributed by atoms with van der Waals surface area (Å²) in [4.78, 5) is 13.3. The zero-order valence-electron chi connectivity index (χ0n) is 13.5. The number of sulfonamides is 1. The Labute approximate surface area is 141 Å². The molecule has 2 heterocycles. The van der Waals surface area contributed by atoms with Gasteiger partial charge < -0.3 is 10.1 Å². The number of carbonyl (C=O) groups excluding carboxylic acids is 1. The maximum absolute atomic E-state index is 12.0. The molecule has 0 saturated carbocycles. The maximum Gasteiger partial charge on any atom is 0.220 e. The molecule has 0 radical (unpaired) electrons. The van der Waals surface area contributed by atoms with Gasteiger partial charge in [0, 0.05) is 31.3 Å². The topological polar surface area (TPSA) is 75.7 Å². The molecule has 1 N–H and O–H groups in total. The first-order chi connectivity index (χ1) is 10.9. The minimum Gasteiger partial charge on any atom is -0.379 e. The van der Waals surface area contributed by atoms with Crippen molar-refractivity contribution >= 4 is 27.3 Å². The largest absolute Gasteiger partial charge is 0.379 e. The van der Waals surface area contributed by atoms with Crippen molar-refractivity contribution in [1.82, 2.24) is 9.62 Å². The first-order valence-corrected chi connectivity index (χ1v) is 10.2. The first-order valence-electron chi connectivity index (χ1n) is 7.68. The molecule has 1 aliphatic heterocycles. The highest BCUT2D eigenvalue weighted by Gasteiger charge is 2.33. The molecule has 0 spiro atoms. The lowest BCUT2D eigenvalue weighted by Crippen LogP contribution is -2.43. The van der Waals surface area contributed by atoms with E-state index < -0.39 is 10.0 Å². The van der Waals surface area contributed by atoms with Gasteiger partial charge >= 0.3 is 0 Å². The second-order valence-corrected chi connectivity index (χ2v) is 9.23. The Balaban J connectivity index is 1.77. The van der Waals surface area contributed by atoms with Gasteiger partial charge in [-0.05, 0) is 24.3 Å². The van der Waals surface area contributed by atoms with E-state index in [4.69, 9.17) is 4.74 Å². The highest BCUT2D eigenvalue weighted by Crippen LogP contribution is 2.18. The van der Waals surface area contributed by atoms with Crippen molar-refractivity contribution in [1.29, 1.82) is 0 Å². The van der Waals surface area contributed by atoms with Crippen molar-refractivity contribution in [3.8, 4) is 0 Å². The van der Waals surface area contributed by atoms with Crippen molar-refractivity contribution in [2.45, 2.75) is 25.3 Å². The van der Waals surface area contributed by atoms with Crippen LogP contribution in [0.4, 0.5) is 0 Å². The van der Waals surface area contributed by atoms with Crippen LogP contribution < -0.4 is 5.32 Å². The number of nitrogens with one attached hydrogen (secondary N) is 1. The van der Waals surface area contributed by atoms with Crippen LogP contribution in [-0.2, 0) is 26.0 Å². The number of hydrogen-bond donors (Lipinski definition) is 1. The van der Waals surface area contributed by atoms with E-state index in [2.05, 4.69) is 11.4 Å². The summed E-state index contributed by atoms with van der Waals surface area (Å²) < 4.78 is 30.5. The molecule has 0 aromatic carbocycles. The van der Waals surface area contributed by atoms with Crippen LogP contribution in [0, 0.1) is 5.92 Å². The van der Waals surface area contributed by atoms with Gasteiger partial charge in [-0.25, -0.2) is 12.7 Å². The number of hydrogen-bond acceptors (Lipinski definition) is 5. The third-order valence-corrected chi connectivity index (χ3v) is 6.83. The number of ether oxygens (including phenoxy) is 1. The molecule has 1 saturated heterocycles. The van der Waals surface area contributed by atoms with Crippen LogP contribution in [0.15, 0.2) is 17.5 Å². The van der Waals surface area contributed by atoms with Gasteiger partial charge in [0.05, 0.1) is 25.0 Å². The number of carbonyl (C=O) groups is 1. The van der Waals surface area contributed by atoms with E-state index >= 15 is 0 Å². The van der Waals surface area contributed by atoms with Crippen LogP contribution in [0.5, 0.6) is 0 Å². The first kappa shape index (κ1) is 18.4. The Morgan fingerprint density at radius 1 is 1.43 bits per heavy atom. The van der Waals surface area contributed by atoms with E-state index in [9.17, 15) is 13.2 Å². The highest BCUT2D eigenvalue weighted by atomic mass is 32.2. The number of thiophene rings is 1. The van der Waals surface area contributed by atoms with Crippen molar-refractivity contribution in [2.75, 3.05) is 33.1 Å². The molecule has 23 heavy (non-hydrogen) atoms. The molecule has 1 aromatic rings. The van der Waals surface area contributed by atoms with Gasteiger partial charge in [0.1, 0.15) is 0 Å². The van der Waals surface area contributed by atoms with Crippen LogP contribution in [0.1, 0.15) is 17.7 Å². The quantitative estimate of drug-likeness (QED) is 0.753. The predicted molar refractivity (Wildman–Crippen MR) is 91.0 cm³/mol. The smallest absolute Gasteiger partial charge is 0.220 e. The van der Waals surface area contributed by atoms with E-state index in [0.29, 0.717) is 19.6 Å². The molecule has 0 aliphatic carbocycles. The fourth-order valence-corrected chi connectivity index (χ4v) is 4.42. The Hall–Kier alpha value is -0.960. The zero-order chi connectivity index (χ0) is 16.9. The molecule has 0 bridgehead atoms. The fraction of sp³-hybridized carbons (Fsp3) is 0.667. The summed E-state index contributed by atoms with van der Waals surface area (Å²) in [6.45, 7) is 0.748. The molecule has 1 fully saturated rings. The standard InChI is InChI=1S/C15H24N2O4S2/c1-17(2)23(19,20)11-12-9-21-10-14(12)16-15(18)7-3-5-13-6-4-8-22-13/h4,6,8,12,14H,3,5,7,9-11H2,1-2H3,(H,16,18)/t12-,14+/m0/s1. The normalized spacial score (nSPS) is 21.7. The lowest BCUT2D eigenvalue weighted by molar-refractivity contribution is -0.122. The van der Waals surface area contributed by atoms with Crippen LogP contribution in [0.2, 0.25) is 0 Å². The van der Waals surface area contributed by atoms with E-state index in [0.717, 1.165) is 12.8 Å². The van der Waals surface area contributed by atoms with Crippen LogP contribution in [0.25, 0.3) is 0 Å². The summed E-state index contributed by atoms with van der Waals surface area (Å²) in [7, 11) is -0.259. The van der Waals surface area contributed by atoms with E-state index in [1.54, 1.807) is 11.3 Å². The molecular formula is C15H24N2O4S2. The monoisotopic (exact) mass is 360 g/mol. The van der Waals surface area contributed by atoms with Crippen molar-refractivity contribution < 1.29 is 17.9 Å². The molecule has 1 aromatic heterocycles. The third-order valence-electron chi connectivity index (χ3n) is 3.93. The lowest BCUT2D eigenvalue weighted by Gasteiger charge is -2.21. The van der Waals surface area contributed by atoms with Gasteiger partial charge in [-0.15, -0.1) is 11.3 Å². The summed E-state index contributed by atoms with van der Waals surface area (Å²) in [5, 5.41) is 4.96. The average molecular weight is 361 g/mol. The molecule has 1 aliphatic rings. The summed E-state index contributed by atoms with van der Waals surface area (Å²) in [5.41, 5.74) is 0. The number of nitrogens with zero attached hydrogens (tertiary/aromatic N) is 1. The van der Waals surface area contributed by atoms with Gasteiger partial charge in [0.2, 0.25) is 15.9 Å². The van der Waals surface area contributed by atoms with E-state index in [-0.39, 0.29) is 23.6 Å². The Morgan fingerprint density at radius 3 is 2.87 bits per heavy atom. The number of aryl methyl sites for hydroxylation is 1. The second kappa shape index (κ2) is 8.23. The molecule has 0 unspecified atom stereocenters. The van der Waals surface area contributed by atoms with Gasteiger partial charge in [0.25, 0.3) is 0 Å². The molecule has 8 heteroatoms. The summed E-state index contributed by atoms with van der Waals surface area (Å²) in [5.74, 6) is -0.229. The Kier molecular flexibility index (Phi) is 6.58. The minimum atomic E-state index is -3.29. The molecule has 2 rings (SSSR count). The molecule has 6 nitrogen and oxygen atoms in total. The summed E-state index contributed by atoms with van der Waals surface area (Å²) >= 11 is 1.69. The SMILES string of the molecule is CN(C)S(=O)(=O)C[C@@H]1COC[C@H]1NC(=O)CCCc1cccs1. The van der Waals surface area contributed by atoms with Crippen molar-refractivity contribution in [3.63, 3.8) is 0 Å². The minimum absolute atomic E-state index is 0.000141. The lowest BCUT2D eigenvalue weighted by atomic mass is 10.1. The zero-order valence-corrected chi connectivity index (χ0v) is 15.2. The molecular weight excluding hydrogens is 336 g/mol. The van der Waals surface area contributed by atoms with E-state index in [1.165, 1.54) is 23.3 Å². The Bertz CT molecular complexity index is 599. The predicted octanol–water partition coefficient (Wildman–Crippen LogP) is 1.09. The van der Waals surface area contributed by atoms with Gasteiger partial charge in [0.15, 0.2) is 0 Å². The summed E-state index contributed by atoms with van der Waals surface area (Å²) in [6.07, 6.45) is 2.13. The summed E-state index contributed by atoms with van der Waals surface area (Å²) in [6, 6.07) is 3.85.